The third-order valence-corrected chi connectivity index (χ3v) is 14.6. The van der Waals surface area contributed by atoms with Crippen molar-refractivity contribution >= 4 is 24.7 Å². The molecule has 0 spiro atoms. The lowest BCUT2D eigenvalue weighted by atomic mass is 9.77. The Morgan fingerprint density at radius 3 is 2.02 bits per heavy atom. The number of hydrogen-bond donors (Lipinski definition) is 1. The third kappa shape index (κ3) is 8.82. The molecule has 1 fully saturated rings. The number of esters is 1. The van der Waals surface area contributed by atoms with Crippen LogP contribution in [0.5, 0.6) is 0 Å². The molecule has 1 saturated carbocycles. The van der Waals surface area contributed by atoms with Gasteiger partial charge in [0.15, 0.2) is 0 Å². The van der Waals surface area contributed by atoms with E-state index in [1.165, 1.54) is 62.5 Å². The van der Waals surface area contributed by atoms with Crippen molar-refractivity contribution in [2.75, 3.05) is 6.61 Å². The zero-order valence-corrected chi connectivity index (χ0v) is 28.4. The molecule has 0 bridgehead atoms. The van der Waals surface area contributed by atoms with Crippen LogP contribution >= 0.6 is 0 Å². The molecule has 1 aliphatic carbocycles. The van der Waals surface area contributed by atoms with Crippen molar-refractivity contribution in [2.24, 2.45) is 5.92 Å². The van der Waals surface area contributed by atoms with E-state index in [1.54, 1.807) is 0 Å². The summed E-state index contributed by atoms with van der Waals surface area (Å²) >= 11 is 0. The number of rotatable bonds is 16. The first kappa shape index (κ1) is 33.9. The van der Waals surface area contributed by atoms with E-state index in [-0.39, 0.29) is 5.97 Å². The third-order valence-electron chi connectivity index (χ3n) is 10.1. The SMILES string of the molecule is C=C(CCC(C)(C)[Si](O)(c1ccccc1)c1ccccc1)C(=O)OCCCc1ccc(C2CCC(CCCCC)CC2)cc1. The van der Waals surface area contributed by atoms with Gasteiger partial charge in [0.1, 0.15) is 0 Å². The van der Waals surface area contributed by atoms with Crippen molar-refractivity contribution in [3.63, 3.8) is 0 Å². The molecule has 44 heavy (non-hydrogen) atoms. The largest absolute Gasteiger partial charge is 0.462 e. The van der Waals surface area contributed by atoms with Crippen molar-refractivity contribution in [2.45, 2.75) is 109 Å². The minimum Gasteiger partial charge on any atom is -0.462 e. The fourth-order valence-corrected chi connectivity index (χ4v) is 10.8. The Labute approximate surface area is 267 Å². The summed E-state index contributed by atoms with van der Waals surface area (Å²) in [6.07, 6.45) is 13.7. The van der Waals surface area contributed by atoms with Gasteiger partial charge in [-0.2, -0.15) is 0 Å². The van der Waals surface area contributed by atoms with Crippen LogP contribution in [0.25, 0.3) is 0 Å². The second kappa shape index (κ2) is 16.4. The summed E-state index contributed by atoms with van der Waals surface area (Å²) < 4.78 is 5.62. The molecule has 1 N–H and O–H groups in total. The highest BCUT2D eigenvalue weighted by Crippen LogP contribution is 2.41. The molecule has 236 valence electrons. The Morgan fingerprint density at radius 2 is 1.45 bits per heavy atom. The highest BCUT2D eigenvalue weighted by molar-refractivity contribution is 6.98. The average Bonchev–Trinajstić information content (AvgIpc) is 3.06. The normalized spacial score (nSPS) is 17.3. The van der Waals surface area contributed by atoms with E-state index >= 15 is 0 Å². The molecule has 3 aromatic rings. The Bertz CT molecular complexity index is 1250. The Kier molecular flexibility index (Phi) is 12.6. The molecule has 0 saturated heterocycles. The predicted octanol–water partition coefficient (Wildman–Crippen LogP) is 8.89. The Balaban J connectivity index is 1.21. The van der Waals surface area contributed by atoms with Crippen molar-refractivity contribution in [3.05, 3.63) is 108 Å². The monoisotopic (exact) mass is 610 g/mol. The second-order valence-electron chi connectivity index (χ2n) is 13.6. The quantitative estimate of drug-likeness (QED) is 0.0763. The molecule has 3 aromatic carbocycles. The Morgan fingerprint density at radius 1 is 0.864 bits per heavy atom. The molecule has 0 atom stereocenters. The summed E-state index contributed by atoms with van der Waals surface area (Å²) in [5.74, 6) is 1.32. The van der Waals surface area contributed by atoms with Crippen LogP contribution in [0.2, 0.25) is 5.04 Å². The van der Waals surface area contributed by atoms with Gasteiger partial charge in [-0.15, -0.1) is 0 Å². The number of unbranched alkanes of at least 4 members (excludes halogenated alkanes) is 2. The molecular formula is C40H54O3Si. The van der Waals surface area contributed by atoms with Crippen LogP contribution in [0.3, 0.4) is 0 Å². The first-order valence-electron chi connectivity index (χ1n) is 17.0. The summed E-state index contributed by atoms with van der Waals surface area (Å²) in [6, 6.07) is 29.2. The Hall–Kier alpha value is -2.95. The topological polar surface area (TPSA) is 46.5 Å². The smallest absolute Gasteiger partial charge is 0.333 e. The first-order valence-corrected chi connectivity index (χ1v) is 19.0. The fourth-order valence-electron chi connectivity index (χ4n) is 7.02. The standard InChI is InChI=1S/C40H54O3Si/c1-5-6-9-15-33-21-25-35(26-22-33)36-27-23-34(24-28-36)16-14-31-43-39(41)32(2)29-30-40(3,4)44(42,37-17-10-7-11-18-37)38-19-12-8-13-20-38/h7-8,10-13,17-20,23-24,27-28,33,35,42H,2,5-6,9,14-16,21-22,25-26,29-31H2,1,3-4H3. The molecule has 0 aromatic heterocycles. The van der Waals surface area contributed by atoms with Gasteiger partial charge in [0.25, 0.3) is 8.32 Å². The van der Waals surface area contributed by atoms with E-state index in [0.717, 1.165) is 29.1 Å². The van der Waals surface area contributed by atoms with Crippen LogP contribution < -0.4 is 10.4 Å². The zero-order valence-electron chi connectivity index (χ0n) is 27.4. The van der Waals surface area contributed by atoms with Crippen molar-refractivity contribution in [1.82, 2.24) is 0 Å². The van der Waals surface area contributed by atoms with E-state index in [9.17, 15) is 9.59 Å². The molecule has 0 amide bonds. The highest BCUT2D eigenvalue weighted by Gasteiger charge is 2.49. The van der Waals surface area contributed by atoms with E-state index in [0.29, 0.717) is 30.9 Å². The summed E-state index contributed by atoms with van der Waals surface area (Å²) in [5, 5.41) is 1.52. The van der Waals surface area contributed by atoms with Gasteiger partial charge in [0, 0.05) is 5.57 Å². The van der Waals surface area contributed by atoms with E-state index in [2.05, 4.69) is 51.6 Å². The van der Waals surface area contributed by atoms with Crippen LogP contribution in [-0.4, -0.2) is 25.7 Å². The predicted molar refractivity (Wildman–Crippen MR) is 187 cm³/mol. The lowest BCUT2D eigenvalue weighted by molar-refractivity contribution is -0.139. The maximum Gasteiger partial charge on any atom is 0.333 e. The van der Waals surface area contributed by atoms with Gasteiger partial charge in [-0.1, -0.05) is 138 Å². The number of aryl methyl sites for hydroxylation is 1. The van der Waals surface area contributed by atoms with Crippen molar-refractivity contribution < 1.29 is 14.3 Å². The van der Waals surface area contributed by atoms with Gasteiger partial charge in [-0.3, -0.25) is 0 Å². The molecule has 3 nitrogen and oxygen atoms in total. The van der Waals surface area contributed by atoms with E-state index in [1.807, 2.05) is 60.7 Å². The summed E-state index contributed by atoms with van der Waals surface area (Å²) in [5.41, 5.74) is 3.26. The van der Waals surface area contributed by atoms with Crippen molar-refractivity contribution in [3.8, 4) is 0 Å². The lowest BCUT2D eigenvalue weighted by Crippen LogP contribution is -2.65. The van der Waals surface area contributed by atoms with Gasteiger partial charge >= 0.3 is 5.97 Å². The number of carbonyl (C=O) groups excluding carboxylic acids is 1. The number of carbonyl (C=O) groups is 1. The number of benzene rings is 3. The summed E-state index contributed by atoms with van der Waals surface area (Å²) in [7, 11) is -3.12. The van der Waals surface area contributed by atoms with Gasteiger partial charge < -0.3 is 9.53 Å². The van der Waals surface area contributed by atoms with Crippen molar-refractivity contribution in [1.29, 1.82) is 0 Å². The second-order valence-corrected chi connectivity index (χ2v) is 17.6. The van der Waals surface area contributed by atoms with Gasteiger partial charge in [0.05, 0.1) is 6.61 Å². The van der Waals surface area contributed by atoms with Crippen LogP contribution in [-0.2, 0) is 16.0 Å². The zero-order chi connectivity index (χ0) is 31.4. The number of ether oxygens (including phenoxy) is 1. The lowest BCUT2D eigenvalue weighted by Gasteiger charge is -2.41. The number of hydrogen-bond acceptors (Lipinski definition) is 3. The fraction of sp³-hybridized carbons (Fsp3) is 0.475. The molecule has 4 rings (SSSR count). The maximum absolute atomic E-state index is 12.8. The highest BCUT2D eigenvalue weighted by atomic mass is 28.4. The van der Waals surface area contributed by atoms with Gasteiger partial charge in [-0.05, 0) is 89.7 Å². The molecular weight excluding hydrogens is 557 g/mol. The van der Waals surface area contributed by atoms with Gasteiger partial charge in [-0.25, -0.2) is 4.79 Å². The van der Waals surface area contributed by atoms with E-state index in [4.69, 9.17) is 4.74 Å². The summed E-state index contributed by atoms with van der Waals surface area (Å²) in [4.78, 5) is 25.1. The van der Waals surface area contributed by atoms with E-state index < -0.39 is 13.4 Å². The molecule has 0 aliphatic heterocycles. The average molecular weight is 611 g/mol. The van der Waals surface area contributed by atoms with Gasteiger partial charge in [0.2, 0.25) is 0 Å². The summed E-state index contributed by atoms with van der Waals surface area (Å²) in [6.45, 7) is 11.0. The molecule has 0 radical (unpaired) electrons. The van der Waals surface area contributed by atoms with Crippen LogP contribution in [0.1, 0.15) is 108 Å². The molecule has 4 heteroatoms. The van der Waals surface area contributed by atoms with Crippen LogP contribution in [0.15, 0.2) is 97.1 Å². The van der Waals surface area contributed by atoms with Crippen LogP contribution in [0.4, 0.5) is 0 Å². The first-order chi connectivity index (χ1) is 21.2. The molecule has 1 aliphatic rings. The minimum atomic E-state index is -3.12. The minimum absolute atomic E-state index is 0.328. The molecule has 0 heterocycles. The molecule has 0 unspecified atom stereocenters. The maximum atomic E-state index is 12.8. The van der Waals surface area contributed by atoms with Crippen LogP contribution in [0, 0.1) is 5.92 Å².